The number of aliphatic hydroxyl groups excluding tert-OH is 1. The molecule has 0 aromatic rings. The van der Waals surface area contributed by atoms with Crippen LogP contribution in [0.5, 0.6) is 0 Å². The van der Waals surface area contributed by atoms with Gasteiger partial charge in [0.1, 0.15) is 0 Å². The second-order valence-corrected chi connectivity index (χ2v) is 4.75. The van der Waals surface area contributed by atoms with E-state index in [1.807, 2.05) is 0 Å². The zero-order valence-corrected chi connectivity index (χ0v) is 8.68. The Kier molecular flexibility index (Phi) is 5.94. The second kappa shape index (κ2) is 6.12. The monoisotopic (exact) mass is 207 g/mol. The van der Waals surface area contributed by atoms with Crippen LogP contribution in [0.15, 0.2) is 12.7 Å². The van der Waals surface area contributed by atoms with Crippen LogP contribution >= 0.6 is 0 Å². The van der Waals surface area contributed by atoms with Crippen molar-refractivity contribution in [3.8, 4) is 0 Å². The molecule has 0 aliphatic rings. The van der Waals surface area contributed by atoms with Crippen molar-refractivity contribution in [1.29, 1.82) is 0 Å². The Morgan fingerprint density at radius 2 is 2.23 bits per heavy atom. The van der Waals surface area contributed by atoms with Gasteiger partial charge in [-0.25, -0.2) is 13.1 Å². The van der Waals surface area contributed by atoms with Crippen LogP contribution in [0.1, 0.15) is 19.8 Å². The van der Waals surface area contributed by atoms with E-state index in [1.54, 1.807) is 6.92 Å². The van der Waals surface area contributed by atoms with Gasteiger partial charge in [-0.05, 0) is 19.8 Å². The van der Waals surface area contributed by atoms with Gasteiger partial charge < -0.3 is 5.11 Å². The molecule has 78 valence electrons. The van der Waals surface area contributed by atoms with Crippen LogP contribution in [0.4, 0.5) is 0 Å². The van der Waals surface area contributed by atoms with E-state index in [9.17, 15) is 8.42 Å². The molecule has 0 spiro atoms. The largest absolute Gasteiger partial charge is 0.396 e. The molecule has 0 heterocycles. The van der Waals surface area contributed by atoms with Gasteiger partial charge in [0.05, 0.1) is 5.75 Å². The fourth-order valence-electron chi connectivity index (χ4n) is 0.966. The molecule has 0 radical (unpaired) electrons. The average Bonchev–Trinajstić information content (AvgIpc) is 1.99. The number of hydrogen-bond donors (Lipinski definition) is 2. The molecule has 0 rings (SSSR count). The first-order valence-corrected chi connectivity index (χ1v) is 5.89. The van der Waals surface area contributed by atoms with Crippen molar-refractivity contribution >= 4 is 10.0 Å². The van der Waals surface area contributed by atoms with E-state index in [-0.39, 0.29) is 18.4 Å². The molecule has 0 amide bonds. The van der Waals surface area contributed by atoms with E-state index in [4.69, 9.17) is 5.11 Å². The molecule has 0 fully saturated rings. The third kappa shape index (κ3) is 6.74. The van der Waals surface area contributed by atoms with Crippen LogP contribution in [0.3, 0.4) is 0 Å². The van der Waals surface area contributed by atoms with Crippen LogP contribution in [-0.2, 0) is 10.0 Å². The first-order chi connectivity index (χ1) is 6.02. The molecule has 1 unspecified atom stereocenters. The predicted octanol–water partition coefficient (Wildman–Crippen LogP) is 0.253. The molecule has 0 aromatic carbocycles. The summed E-state index contributed by atoms with van der Waals surface area (Å²) in [5.41, 5.74) is 0. The van der Waals surface area contributed by atoms with Gasteiger partial charge in [-0.2, -0.15) is 0 Å². The Labute approximate surface area is 79.7 Å². The lowest BCUT2D eigenvalue weighted by molar-refractivity contribution is 0.279. The highest BCUT2D eigenvalue weighted by atomic mass is 32.2. The topological polar surface area (TPSA) is 66.4 Å². The van der Waals surface area contributed by atoms with Crippen molar-refractivity contribution in [1.82, 2.24) is 4.72 Å². The number of nitrogens with one attached hydrogen (secondary N) is 1. The first kappa shape index (κ1) is 12.6. The van der Waals surface area contributed by atoms with Crippen molar-refractivity contribution in [2.75, 3.05) is 12.4 Å². The summed E-state index contributed by atoms with van der Waals surface area (Å²) in [6.45, 7) is 5.22. The lowest BCUT2D eigenvalue weighted by Gasteiger charge is -2.12. The quantitative estimate of drug-likeness (QED) is 0.588. The van der Waals surface area contributed by atoms with E-state index in [2.05, 4.69) is 11.3 Å². The highest BCUT2D eigenvalue weighted by Crippen LogP contribution is 1.98. The number of hydrogen-bond acceptors (Lipinski definition) is 3. The molecule has 0 bridgehead atoms. The Hall–Kier alpha value is -0.390. The molecule has 0 saturated carbocycles. The Balaban J connectivity index is 3.89. The van der Waals surface area contributed by atoms with Gasteiger partial charge in [0.15, 0.2) is 0 Å². The lowest BCUT2D eigenvalue weighted by Crippen LogP contribution is -2.33. The van der Waals surface area contributed by atoms with Gasteiger partial charge in [-0.15, -0.1) is 6.58 Å². The van der Waals surface area contributed by atoms with Crippen LogP contribution in [0, 0.1) is 0 Å². The van der Waals surface area contributed by atoms with Gasteiger partial charge in [-0.1, -0.05) is 6.08 Å². The van der Waals surface area contributed by atoms with E-state index in [0.29, 0.717) is 12.8 Å². The summed E-state index contributed by atoms with van der Waals surface area (Å²) in [6, 6.07) is -0.128. The van der Waals surface area contributed by atoms with Gasteiger partial charge in [0.25, 0.3) is 0 Å². The fraction of sp³-hybridized carbons (Fsp3) is 0.750. The normalized spacial score (nSPS) is 14.0. The minimum absolute atomic E-state index is 0.0591. The van der Waals surface area contributed by atoms with Gasteiger partial charge in [-0.3, -0.25) is 0 Å². The molecule has 0 aliphatic heterocycles. The molecule has 2 N–H and O–H groups in total. The summed E-state index contributed by atoms with van der Waals surface area (Å²) in [5, 5.41) is 8.52. The van der Waals surface area contributed by atoms with Gasteiger partial charge >= 0.3 is 0 Å². The van der Waals surface area contributed by atoms with Crippen molar-refractivity contribution < 1.29 is 13.5 Å². The second-order valence-electron chi connectivity index (χ2n) is 2.95. The molecular formula is C8H17NO3S. The minimum Gasteiger partial charge on any atom is -0.396 e. The Morgan fingerprint density at radius 1 is 1.62 bits per heavy atom. The smallest absolute Gasteiger partial charge is 0.215 e. The van der Waals surface area contributed by atoms with E-state index < -0.39 is 10.0 Å². The number of rotatable bonds is 7. The molecule has 5 heteroatoms. The summed E-state index contributed by atoms with van der Waals surface area (Å²) in [7, 11) is -3.21. The van der Waals surface area contributed by atoms with Crippen molar-refractivity contribution in [2.45, 2.75) is 25.8 Å². The van der Waals surface area contributed by atoms with E-state index >= 15 is 0 Å². The summed E-state index contributed by atoms with van der Waals surface area (Å²) < 4.78 is 24.8. The molecular weight excluding hydrogens is 190 g/mol. The maximum absolute atomic E-state index is 11.2. The molecule has 0 aromatic heterocycles. The summed E-state index contributed by atoms with van der Waals surface area (Å²) in [5.74, 6) is -0.0591. The first-order valence-electron chi connectivity index (χ1n) is 4.23. The number of aliphatic hydroxyl groups is 1. The van der Waals surface area contributed by atoms with Crippen molar-refractivity contribution in [2.24, 2.45) is 0 Å². The molecule has 13 heavy (non-hydrogen) atoms. The minimum atomic E-state index is -3.21. The molecule has 0 saturated heterocycles. The SMILES string of the molecule is C=CCS(=O)(=O)NC(C)CCCO. The molecule has 0 aliphatic carbocycles. The zero-order chi connectivity index (χ0) is 10.3. The zero-order valence-electron chi connectivity index (χ0n) is 7.86. The summed E-state index contributed by atoms with van der Waals surface area (Å²) in [4.78, 5) is 0. The molecule has 1 atom stereocenters. The van der Waals surface area contributed by atoms with E-state index in [1.165, 1.54) is 6.08 Å². The predicted molar refractivity (Wildman–Crippen MR) is 52.9 cm³/mol. The van der Waals surface area contributed by atoms with Crippen LogP contribution < -0.4 is 4.72 Å². The van der Waals surface area contributed by atoms with E-state index in [0.717, 1.165) is 0 Å². The van der Waals surface area contributed by atoms with Gasteiger partial charge in [0.2, 0.25) is 10.0 Å². The average molecular weight is 207 g/mol. The standard InChI is InChI=1S/C8H17NO3S/c1-3-7-13(11,12)9-8(2)5-4-6-10/h3,8-10H,1,4-7H2,2H3. The Bertz CT molecular complexity index is 236. The van der Waals surface area contributed by atoms with Crippen LogP contribution in [0.25, 0.3) is 0 Å². The van der Waals surface area contributed by atoms with Crippen LogP contribution in [-0.4, -0.2) is 31.9 Å². The highest BCUT2D eigenvalue weighted by molar-refractivity contribution is 7.89. The summed E-state index contributed by atoms with van der Waals surface area (Å²) in [6.07, 6.45) is 2.60. The van der Waals surface area contributed by atoms with Crippen molar-refractivity contribution in [3.05, 3.63) is 12.7 Å². The van der Waals surface area contributed by atoms with Gasteiger partial charge in [0, 0.05) is 12.6 Å². The third-order valence-electron chi connectivity index (χ3n) is 1.51. The maximum Gasteiger partial charge on any atom is 0.215 e. The lowest BCUT2D eigenvalue weighted by atomic mass is 10.2. The Morgan fingerprint density at radius 3 is 2.69 bits per heavy atom. The highest BCUT2D eigenvalue weighted by Gasteiger charge is 2.11. The molecule has 4 nitrogen and oxygen atoms in total. The third-order valence-corrected chi connectivity index (χ3v) is 2.95. The van der Waals surface area contributed by atoms with Crippen LogP contribution in [0.2, 0.25) is 0 Å². The fourth-order valence-corrected chi connectivity index (χ4v) is 2.10. The maximum atomic E-state index is 11.2. The van der Waals surface area contributed by atoms with Crippen molar-refractivity contribution in [3.63, 3.8) is 0 Å². The number of sulfonamides is 1. The summed E-state index contributed by atoms with van der Waals surface area (Å²) >= 11 is 0.